The van der Waals surface area contributed by atoms with E-state index in [-0.39, 0.29) is 12.4 Å². The van der Waals surface area contributed by atoms with Crippen LogP contribution in [0.3, 0.4) is 0 Å². The number of rotatable bonds is 3. The predicted molar refractivity (Wildman–Crippen MR) is 54.5 cm³/mol. The molecule has 0 aliphatic rings. The number of benzene rings is 1. The number of urea groups is 1. The standard InChI is InChI=1S/C10H11FN2O3/c1-12-10(15)13-9(14)6-16-8-4-2-7(11)3-5-8/h2-5H,6H2,1H3,(H2,12,13,14,15). The zero-order valence-electron chi connectivity index (χ0n) is 8.62. The van der Waals surface area contributed by atoms with E-state index < -0.39 is 11.9 Å². The molecule has 0 saturated heterocycles. The number of imide groups is 1. The maximum absolute atomic E-state index is 12.5. The molecule has 0 heterocycles. The van der Waals surface area contributed by atoms with Crippen LogP contribution in [0.15, 0.2) is 24.3 Å². The molecule has 16 heavy (non-hydrogen) atoms. The second-order valence-electron chi connectivity index (χ2n) is 2.87. The van der Waals surface area contributed by atoms with Gasteiger partial charge in [-0.1, -0.05) is 0 Å². The Morgan fingerprint density at radius 3 is 2.50 bits per heavy atom. The molecule has 0 aromatic heterocycles. The lowest BCUT2D eigenvalue weighted by Crippen LogP contribution is -2.39. The summed E-state index contributed by atoms with van der Waals surface area (Å²) in [5.74, 6) is -0.612. The minimum Gasteiger partial charge on any atom is -0.484 e. The van der Waals surface area contributed by atoms with E-state index in [0.717, 1.165) is 0 Å². The van der Waals surface area contributed by atoms with E-state index >= 15 is 0 Å². The fourth-order valence-corrected chi connectivity index (χ4v) is 0.905. The third-order valence-corrected chi connectivity index (χ3v) is 1.66. The van der Waals surface area contributed by atoms with E-state index in [1.807, 2.05) is 5.32 Å². The topological polar surface area (TPSA) is 67.4 Å². The molecule has 0 unspecified atom stereocenters. The maximum Gasteiger partial charge on any atom is 0.321 e. The van der Waals surface area contributed by atoms with Crippen LogP contribution in [0.1, 0.15) is 0 Å². The summed E-state index contributed by atoms with van der Waals surface area (Å²) in [4.78, 5) is 21.8. The van der Waals surface area contributed by atoms with E-state index in [4.69, 9.17) is 4.74 Å². The van der Waals surface area contributed by atoms with Crippen LogP contribution in [0, 0.1) is 5.82 Å². The summed E-state index contributed by atoms with van der Waals surface area (Å²) < 4.78 is 17.5. The van der Waals surface area contributed by atoms with Gasteiger partial charge in [0.25, 0.3) is 5.91 Å². The third-order valence-electron chi connectivity index (χ3n) is 1.66. The van der Waals surface area contributed by atoms with E-state index in [9.17, 15) is 14.0 Å². The van der Waals surface area contributed by atoms with Crippen molar-refractivity contribution < 1.29 is 18.7 Å². The zero-order valence-corrected chi connectivity index (χ0v) is 8.62. The molecule has 1 rings (SSSR count). The normalized spacial score (nSPS) is 9.38. The fourth-order valence-electron chi connectivity index (χ4n) is 0.905. The molecular formula is C10H11FN2O3. The van der Waals surface area contributed by atoms with Gasteiger partial charge in [-0.2, -0.15) is 0 Å². The SMILES string of the molecule is CNC(=O)NC(=O)COc1ccc(F)cc1. The van der Waals surface area contributed by atoms with Gasteiger partial charge in [-0.25, -0.2) is 9.18 Å². The van der Waals surface area contributed by atoms with Crippen LogP contribution in [0.2, 0.25) is 0 Å². The largest absolute Gasteiger partial charge is 0.484 e. The maximum atomic E-state index is 12.5. The second-order valence-corrected chi connectivity index (χ2v) is 2.87. The van der Waals surface area contributed by atoms with Crippen LogP contribution in [-0.2, 0) is 4.79 Å². The zero-order chi connectivity index (χ0) is 12.0. The highest BCUT2D eigenvalue weighted by Gasteiger charge is 2.06. The number of amides is 3. The predicted octanol–water partition coefficient (Wildman–Crippen LogP) is 0.660. The van der Waals surface area contributed by atoms with Gasteiger partial charge in [0.15, 0.2) is 6.61 Å². The Labute approximate surface area is 91.6 Å². The van der Waals surface area contributed by atoms with Crippen molar-refractivity contribution in [2.24, 2.45) is 0 Å². The Morgan fingerprint density at radius 1 is 1.31 bits per heavy atom. The summed E-state index contributed by atoms with van der Waals surface area (Å²) >= 11 is 0. The molecular weight excluding hydrogens is 215 g/mol. The summed E-state index contributed by atoms with van der Waals surface area (Å²) in [5.41, 5.74) is 0. The Hall–Kier alpha value is -2.11. The van der Waals surface area contributed by atoms with Crippen molar-refractivity contribution in [1.29, 1.82) is 0 Å². The number of ether oxygens (including phenoxy) is 1. The molecule has 6 heteroatoms. The number of nitrogens with one attached hydrogen (secondary N) is 2. The highest BCUT2D eigenvalue weighted by molar-refractivity contribution is 5.94. The van der Waals surface area contributed by atoms with Crippen molar-refractivity contribution in [2.45, 2.75) is 0 Å². The van der Waals surface area contributed by atoms with Gasteiger partial charge in [-0.15, -0.1) is 0 Å². The lowest BCUT2D eigenvalue weighted by Gasteiger charge is -2.05. The van der Waals surface area contributed by atoms with Crippen LogP contribution < -0.4 is 15.4 Å². The number of carbonyl (C=O) groups is 2. The van der Waals surface area contributed by atoms with Crippen molar-refractivity contribution in [2.75, 3.05) is 13.7 Å². The molecule has 0 saturated carbocycles. The second kappa shape index (κ2) is 5.69. The summed E-state index contributed by atoms with van der Waals surface area (Å²) in [5, 5.41) is 4.25. The van der Waals surface area contributed by atoms with Crippen molar-refractivity contribution >= 4 is 11.9 Å². The van der Waals surface area contributed by atoms with E-state index in [0.29, 0.717) is 5.75 Å². The van der Waals surface area contributed by atoms with Gasteiger partial charge < -0.3 is 10.1 Å². The van der Waals surface area contributed by atoms with Crippen molar-refractivity contribution in [3.63, 3.8) is 0 Å². The lowest BCUT2D eigenvalue weighted by atomic mass is 10.3. The van der Waals surface area contributed by atoms with Crippen molar-refractivity contribution in [3.05, 3.63) is 30.1 Å². The number of hydrogen-bond donors (Lipinski definition) is 2. The molecule has 0 atom stereocenters. The van der Waals surface area contributed by atoms with Crippen molar-refractivity contribution in [1.82, 2.24) is 10.6 Å². The number of halogens is 1. The smallest absolute Gasteiger partial charge is 0.321 e. The Kier molecular flexibility index (Phi) is 4.26. The van der Waals surface area contributed by atoms with E-state index in [1.165, 1.54) is 31.3 Å². The molecule has 0 bridgehead atoms. The van der Waals surface area contributed by atoms with Crippen LogP contribution >= 0.6 is 0 Å². The molecule has 3 amide bonds. The van der Waals surface area contributed by atoms with Crippen molar-refractivity contribution in [3.8, 4) is 5.75 Å². The van der Waals surface area contributed by atoms with Crippen LogP contribution in [-0.4, -0.2) is 25.6 Å². The van der Waals surface area contributed by atoms with Gasteiger partial charge in [0, 0.05) is 7.05 Å². The highest BCUT2D eigenvalue weighted by Crippen LogP contribution is 2.10. The average Bonchev–Trinajstić information content (AvgIpc) is 2.28. The quantitative estimate of drug-likeness (QED) is 0.795. The van der Waals surface area contributed by atoms with Gasteiger partial charge in [-0.05, 0) is 24.3 Å². The minimum absolute atomic E-state index is 0.306. The molecule has 2 N–H and O–H groups in total. The summed E-state index contributed by atoms with van der Waals surface area (Å²) in [6, 6.07) is 4.61. The van der Waals surface area contributed by atoms with E-state index in [2.05, 4.69) is 5.32 Å². The third kappa shape index (κ3) is 3.95. The molecule has 0 spiro atoms. The summed E-state index contributed by atoms with van der Waals surface area (Å²) in [6.45, 7) is -0.306. The first-order valence-corrected chi connectivity index (χ1v) is 4.51. The average molecular weight is 226 g/mol. The van der Waals surface area contributed by atoms with Gasteiger partial charge in [0.2, 0.25) is 0 Å². The molecule has 0 fully saturated rings. The lowest BCUT2D eigenvalue weighted by molar-refractivity contribution is -0.121. The van der Waals surface area contributed by atoms with Crippen LogP contribution in [0.25, 0.3) is 0 Å². The van der Waals surface area contributed by atoms with Crippen LogP contribution in [0.5, 0.6) is 5.75 Å². The van der Waals surface area contributed by atoms with Gasteiger partial charge in [0.1, 0.15) is 11.6 Å². The van der Waals surface area contributed by atoms with Gasteiger partial charge >= 0.3 is 6.03 Å². The Bertz CT molecular complexity index is 378. The molecule has 0 aliphatic heterocycles. The molecule has 0 aliphatic carbocycles. The fraction of sp³-hybridized carbons (Fsp3) is 0.200. The summed E-state index contributed by atoms with van der Waals surface area (Å²) in [6.07, 6.45) is 0. The molecule has 86 valence electrons. The Balaban J connectivity index is 2.37. The van der Waals surface area contributed by atoms with Crippen LogP contribution in [0.4, 0.5) is 9.18 Å². The summed E-state index contributed by atoms with van der Waals surface area (Å²) in [7, 11) is 1.39. The van der Waals surface area contributed by atoms with E-state index in [1.54, 1.807) is 0 Å². The minimum atomic E-state index is -0.604. The molecule has 1 aromatic rings. The first-order valence-electron chi connectivity index (χ1n) is 4.51. The molecule has 0 radical (unpaired) electrons. The Morgan fingerprint density at radius 2 is 1.94 bits per heavy atom. The molecule has 5 nitrogen and oxygen atoms in total. The molecule has 1 aromatic carbocycles. The first-order chi connectivity index (χ1) is 7.61. The van der Waals surface area contributed by atoms with Gasteiger partial charge in [-0.3, -0.25) is 10.1 Å². The number of carbonyl (C=O) groups excluding carboxylic acids is 2. The highest BCUT2D eigenvalue weighted by atomic mass is 19.1. The monoisotopic (exact) mass is 226 g/mol. The van der Waals surface area contributed by atoms with Gasteiger partial charge in [0.05, 0.1) is 0 Å². The first kappa shape index (κ1) is 12.0. The number of hydrogen-bond acceptors (Lipinski definition) is 3.